The molecule has 4 heterocycles. The number of amides is 1. The highest BCUT2D eigenvalue weighted by Gasteiger charge is 2.28. The summed E-state index contributed by atoms with van der Waals surface area (Å²) in [6.07, 6.45) is 3.02. The first-order valence-electron chi connectivity index (χ1n) is 13.4. The molecule has 11 heteroatoms. The van der Waals surface area contributed by atoms with Gasteiger partial charge in [0.1, 0.15) is 5.65 Å². The molecule has 0 aliphatic carbocycles. The molecule has 0 radical (unpaired) electrons. The first kappa shape index (κ1) is 26.8. The second kappa shape index (κ2) is 11.9. The van der Waals surface area contributed by atoms with Crippen molar-refractivity contribution < 1.29 is 9.90 Å². The molecule has 11 nitrogen and oxygen atoms in total. The largest absolute Gasteiger partial charge is 0.395 e. The number of likely N-dealkylation sites (N-methyl/N-ethyl adjacent to an activating group) is 1. The minimum atomic E-state index is -0.200. The van der Waals surface area contributed by atoms with E-state index in [1.807, 2.05) is 12.1 Å². The summed E-state index contributed by atoms with van der Waals surface area (Å²) in [5.74, 6) is 0.281. The molecule has 2 fully saturated rings. The zero-order valence-corrected chi connectivity index (χ0v) is 22.4. The van der Waals surface area contributed by atoms with E-state index < -0.39 is 0 Å². The van der Waals surface area contributed by atoms with E-state index in [2.05, 4.69) is 50.8 Å². The van der Waals surface area contributed by atoms with E-state index >= 15 is 0 Å². The molecule has 2 aliphatic rings. The van der Waals surface area contributed by atoms with Gasteiger partial charge in [-0.1, -0.05) is 6.58 Å². The Morgan fingerprint density at radius 3 is 2.56 bits per heavy atom. The summed E-state index contributed by atoms with van der Waals surface area (Å²) in [5.41, 5.74) is 2.47. The topological polar surface area (TPSA) is 110 Å². The lowest BCUT2D eigenvalue weighted by atomic mass is 10.1. The number of nitrogens with zero attached hydrogens (tertiary/aromatic N) is 7. The number of fused-ring (bicyclic) bond motifs is 1. The van der Waals surface area contributed by atoms with Crippen molar-refractivity contribution in [1.82, 2.24) is 29.2 Å². The lowest BCUT2D eigenvalue weighted by Gasteiger charge is -2.40. The van der Waals surface area contributed by atoms with E-state index in [1.54, 1.807) is 21.7 Å². The Morgan fingerprint density at radius 1 is 1.08 bits per heavy atom. The molecule has 0 spiro atoms. The summed E-state index contributed by atoms with van der Waals surface area (Å²) in [7, 11) is 2.15. The predicted molar refractivity (Wildman–Crippen MR) is 152 cm³/mol. The molecule has 0 bridgehead atoms. The number of piperazine rings is 2. The van der Waals surface area contributed by atoms with Crippen LogP contribution in [0.2, 0.25) is 0 Å². The molecular weight excluding hydrogens is 496 g/mol. The van der Waals surface area contributed by atoms with Crippen LogP contribution in [0.1, 0.15) is 0 Å². The number of nitrogens with one attached hydrogen (secondary N) is 1. The molecule has 0 saturated carbocycles. The average molecular weight is 533 g/mol. The molecule has 39 heavy (non-hydrogen) atoms. The third-order valence-corrected chi connectivity index (χ3v) is 7.63. The van der Waals surface area contributed by atoms with Crippen molar-refractivity contribution in [3.8, 4) is 0 Å². The van der Waals surface area contributed by atoms with E-state index in [0.29, 0.717) is 44.3 Å². The number of carbonyl (C=O) groups excluding carboxylic acids is 1. The van der Waals surface area contributed by atoms with Gasteiger partial charge in [0.05, 0.1) is 12.6 Å². The van der Waals surface area contributed by atoms with Gasteiger partial charge in [-0.15, -0.1) is 0 Å². The number of rotatable bonds is 8. The van der Waals surface area contributed by atoms with Crippen molar-refractivity contribution in [3.05, 3.63) is 65.6 Å². The number of aromatic nitrogens is 3. The van der Waals surface area contributed by atoms with Crippen LogP contribution in [-0.4, -0.2) is 112 Å². The summed E-state index contributed by atoms with van der Waals surface area (Å²) in [6, 6.07) is 11.3. The van der Waals surface area contributed by atoms with Crippen molar-refractivity contribution in [2.45, 2.75) is 12.6 Å². The number of hydrogen-bond donors (Lipinski definition) is 2. The van der Waals surface area contributed by atoms with E-state index in [4.69, 9.17) is 4.98 Å². The van der Waals surface area contributed by atoms with Crippen molar-refractivity contribution in [1.29, 1.82) is 0 Å². The molecule has 2 aliphatic heterocycles. The summed E-state index contributed by atoms with van der Waals surface area (Å²) in [6.45, 7) is 10.1. The number of carbonyl (C=O) groups is 1. The van der Waals surface area contributed by atoms with Gasteiger partial charge in [0.25, 0.3) is 5.56 Å². The Balaban J connectivity index is 1.29. The highest BCUT2D eigenvalue weighted by Crippen LogP contribution is 2.22. The van der Waals surface area contributed by atoms with E-state index in [-0.39, 0.29) is 24.1 Å². The SMILES string of the molecule is C=CC(=O)N1CCN(CCn2c(=O)ccc3cnc(Nc4ccc(N5CCN(C)CC5)cc4)nc32)[C@@H](CO)C1. The fourth-order valence-corrected chi connectivity index (χ4v) is 5.22. The number of aliphatic hydroxyl groups excluding tert-OH is 1. The predicted octanol–water partition coefficient (Wildman–Crippen LogP) is 0.978. The monoisotopic (exact) mass is 532 g/mol. The molecule has 1 atom stereocenters. The first-order chi connectivity index (χ1) is 18.9. The highest BCUT2D eigenvalue weighted by atomic mass is 16.3. The average Bonchev–Trinajstić information content (AvgIpc) is 2.97. The maximum Gasteiger partial charge on any atom is 0.252 e. The number of pyridine rings is 1. The molecule has 5 rings (SSSR count). The highest BCUT2D eigenvalue weighted by molar-refractivity contribution is 5.87. The van der Waals surface area contributed by atoms with Gasteiger partial charge in [-0.05, 0) is 43.5 Å². The molecule has 0 unspecified atom stereocenters. The lowest BCUT2D eigenvalue weighted by molar-refractivity contribution is -0.129. The fraction of sp³-hybridized carbons (Fsp3) is 0.429. The van der Waals surface area contributed by atoms with Gasteiger partial charge >= 0.3 is 0 Å². The van der Waals surface area contributed by atoms with Crippen LogP contribution >= 0.6 is 0 Å². The maximum atomic E-state index is 12.9. The number of hydrogen-bond acceptors (Lipinski definition) is 9. The normalized spacial score (nSPS) is 18.9. The summed E-state index contributed by atoms with van der Waals surface area (Å²) in [5, 5.41) is 14.0. The quantitative estimate of drug-likeness (QED) is 0.410. The van der Waals surface area contributed by atoms with Crippen LogP contribution in [0.15, 0.2) is 60.0 Å². The molecule has 2 aromatic heterocycles. The van der Waals surface area contributed by atoms with E-state index in [9.17, 15) is 14.7 Å². The Labute approximate surface area is 228 Å². The molecule has 1 amide bonds. The summed E-state index contributed by atoms with van der Waals surface area (Å²) in [4.78, 5) is 42.5. The smallest absolute Gasteiger partial charge is 0.252 e. The van der Waals surface area contributed by atoms with Gasteiger partial charge in [0.2, 0.25) is 11.9 Å². The van der Waals surface area contributed by atoms with Gasteiger partial charge in [-0.3, -0.25) is 19.1 Å². The number of benzene rings is 1. The lowest BCUT2D eigenvalue weighted by Crippen LogP contribution is -2.56. The van der Waals surface area contributed by atoms with Gasteiger partial charge in [0, 0.05) is 87.9 Å². The Kier molecular flexibility index (Phi) is 8.20. The van der Waals surface area contributed by atoms with Crippen LogP contribution in [0.3, 0.4) is 0 Å². The zero-order valence-electron chi connectivity index (χ0n) is 22.4. The van der Waals surface area contributed by atoms with Gasteiger partial charge in [-0.25, -0.2) is 4.98 Å². The van der Waals surface area contributed by atoms with Gasteiger partial charge < -0.3 is 25.1 Å². The van der Waals surface area contributed by atoms with Crippen LogP contribution in [0.25, 0.3) is 11.0 Å². The summed E-state index contributed by atoms with van der Waals surface area (Å²) < 4.78 is 1.65. The molecule has 1 aromatic carbocycles. The van der Waals surface area contributed by atoms with Gasteiger partial charge in [-0.2, -0.15) is 4.98 Å². The van der Waals surface area contributed by atoms with Crippen molar-refractivity contribution in [2.24, 2.45) is 0 Å². The Bertz CT molecular complexity index is 1370. The van der Waals surface area contributed by atoms with Crippen molar-refractivity contribution in [2.75, 3.05) is 76.2 Å². The van der Waals surface area contributed by atoms with Crippen molar-refractivity contribution in [3.63, 3.8) is 0 Å². The van der Waals surface area contributed by atoms with E-state index in [0.717, 1.165) is 37.3 Å². The Hall–Kier alpha value is -3.80. The first-order valence-corrected chi connectivity index (χ1v) is 13.4. The Morgan fingerprint density at radius 2 is 1.85 bits per heavy atom. The van der Waals surface area contributed by atoms with Crippen LogP contribution in [0, 0.1) is 0 Å². The minimum absolute atomic E-state index is 0.0742. The zero-order chi connectivity index (χ0) is 27.4. The number of aliphatic hydroxyl groups is 1. The molecule has 206 valence electrons. The standard InChI is InChI=1S/C28H36N8O3/c1-3-25(38)35-15-14-34(24(19-35)20-37)16-17-36-26(39)9-4-21-18-29-28(31-27(21)36)30-22-5-7-23(8-6-22)33-12-10-32(2)11-13-33/h3-9,18,24,37H,1,10-17,19-20H2,2H3,(H,29,30,31)/t24-/m1/s1. The van der Waals surface area contributed by atoms with Crippen LogP contribution in [0.4, 0.5) is 17.3 Å². The third kappa shape index (κ3) is 6.11. The maximum absolute atomic E-state index is 12.9. The minimum Gasteiger partial charge on any atom is -0.395 e. The third-order valence-electron chi connectivity index (χ3n) is 7.63. The molecule has 3 aromatic rings. The fourth-order valence-electron chi connectivity index (χ4n) is 5.22. The van der Waals surface area contributed by atoms with E-state index in [1.165, 1.54) is 17.8 Å². The van der Waals surface area contributed by atoms with Crippen LogP contribution in [0.5, 0.6) is 0 Å². The molecule has 2 saturated heterocycles. The van der Waals surface area contributed by atoms with Crippen LogP contribution in [-0.2, 0) is 11.3 Å². The van der Waals surface area contributed by atoms with Crippen LogP contribution < -0.4 is 15.8 Å². The van der Waals surface area contributed by atoms with Gasteiger partial charge in [0.15, 0.2) is 0 Å². The summed E-state index contributed by atoms with van der Waals surface area (Å²) >= 11 is 0. The molecule has 2 N–H and O–H groups in total. The second-order valence-electron chi connectivity index (χ2n) is 10.1. The molecular formula is C28H36N8O3. The number of anilines is 3. The second-order valence-corrected chi connectivity index (χ2v) is 10.1. The van der Waals surface area contributed by atoms with Crippen molar-refractivity contribution >= 4 is 34.3 Å².